The van der Waals surface area contributed by atoms with Gasteiger partial charge in [-0.1, -0.05) is 231 Å². The highest BCUT2D eigenvalue weighted by Gasteiger charge is 2.38. The molecule has 16 nitrogen and oxygen atoms in total. The van der Waals surface area contributed by atoms with Gasteiger partial charge in [0.15, 0.2) is 23.3 Å². The first-order valence-electron chi connectivity index (χ1n) is 43.8. The zero-order valence-corrected chi connectivity index (χ0v) is 71.1. The summed E-state index contributed by atoms with van der Waals surface area (Å²) in [5.74, 6) is 6.90. The number of aryl methyl sites for hydroxylation is 4. The lowest BCUT2D eigenvalue weighted by Crippen LogP contribution is -2.07. The third kappa shape index (κ3) is 18.3. The number of ether oxygens (including phenoxy) is 8. The van der Waals surface area contributed by atoms with E-state index in [1.807, 2.05) is 48.5 Å². The number of nitrogens with zero attached hydrogens (tertiary/aromatic N) is 6. The second-order valence-corrected chi connectivity index (χ2v) is 31.2. The summed E-state index contributed by atoms with van der Waals surface area (Å²) >= 11 is 0. The Balaban J connectivity index is 1.35. The van der Waals surface area contributed by atoms with Crippen LogP contribution in [0.15, 0.2) is 121 Å². The van der Waals surface area contributed by atoms with Crippen molar-refractivity contribution < 1.29 is 37.9 Å². The van der Waals surface area contributed by atoms with E-state index in [4.69, 9.17) is 67.8 Å². The highest BCUT2D eigenvalue weighted by molar-refractivity contribution is 6.19. The van der Waals surface area contributed by atoms with Crippen LogP contribution in [-0.4, -0.2) is 94.7 Å². The van der Waals surface area contributed by atoms with Crippen LogP contribution in [0.3, 0.4) is 0 Å². The smallest absolute Gasteiger partial charge is 0.168 e. The Hall–Kier alpha value is -10.5. The summed E-state index contributed by atoms with van der Waals surface area (Å²) < 4.78 is 55.2. The van der Waals surface area contributed by atoms with Gasteiger partial charge in [-0.25, -0.2) is 29.9 Å². The number of aromatic nitrogens is 8. The maximum absolute atomic E-state index is 7.66. The van der Waals surface area contributed by atoms with E-state index >= 15 is 0 Å². The third-order valence-corrected chi connectivity index (χ3v) is 22.8. The molecule has 16 heteroatoms. The topological polar surface area (TPSA) is 183 Å². The summed E-state index contributed by atoms with van der Waals surface area (Å²) in [5.41, 5.74) is 16.8. The molecule has 2 aliphatic rings. The molecule has 2 N–H and O–H groups in total. The van der Waals surface area contributed by atoms with E-state index in [-0.39, 0.29) is 0 Å². The van der Waals surface area contributed by atoms with Gasteiger partial charge in [-0.05, 0) is 170 Å². The standard InChI is InChI=1S/C100H122N8O8/c1-13-21-29-33-41-65-53-55-67(43-35-31-23-15-3)83-81(65)93-101-94-82-66(42-34-30-22-14-2)54-56-68(44-36-32-24-16-4)84(82)96(103-94)105-98-86-88(92(116-60-28-20-8)80(72-48-40-52-76(64-72)112-12)78(90(86)114-58-26-18-6)70-46-38-50-74(62-70)110-10)100(107-98)108-99-87-85(97(106-99)104-95(83)102-93)89(113-57-25-17-5)77(69-45-37-49-73(61-69)109-9)79(91(87)115-59-27-19-7)71-47-39-51-75(63-71)111-11/h37-40,45-56,61-64H,13-36,41-44,57-60H2,1-12H3,(H2,101,102,103,104,105,106,107,108). The molecule has 0 atom stereocenters. The molecule has 8 bridgehead atoms. The zero-order chi connectivity index (χ0) is 80.9. The molecule has 0 unspecified atom stereocenters. The maximum Gasteiger partial charge on any atom is 0.168 e. The molecule has 116 heavy (non-hydrogen) atoms. The summed E-state index contributed by atoms with van der Waals surface area (Å²) in [6, 6.07) is 42.4. The first kappa shape index (κ1) is 83.5. The van der Waals surface area contributed by atoms with Gasteiger partial charge in [0.05, 0.1) is 76.8 Å². The van der Waals surface area contributed by atoms with Gasteiger partial charge in [0.1, 0.15) is 68.6 Å². The monoisotopic (exact) mass is 1560 g/mol. The molecule has 0 radical (unpaired) electrons. The predicted octanol–water partition coefficient (Wildman–Crippen LogP) is 26.8. The number of rotatable bonds is 44. The number of hydrogen-bond acceptors (Lipinski definition) is 14. The van der Waals surface area contributed by atoms with E-state index in [1.54, 1.807) is 28.4 Å². The van der Waals surface area contributed by atoms with E-state index in [2.05, 4.69) is 138 Å². The van der Waals surface area contributed by atoms with E-state index in [0.29, 0.717) is 140 Å². The molecule has 0 saturated carbocycles. The largest absolute Gasteiger partial charge is 0.497 e. The SMILES string of the molecule is CCCCCCc1ccc(CCCCCC)c2c1-c1nc-2nc2[nH]c(nc3nc(nc4[nH]c(n1)c1c(CCCCCC)ccc(CCCCCC)c41)-c1c(OCCCC)c(-c4cccc(OC)c4)c(-c4cccc(OC)c4)c(OCCCC)c1-3)c1c(OCCCC)c(-c3cccc(OC)c3)c(-c3cccc(OC)c3)c(OCCCC)c21. The van der Waals surface area contributed by atoms with Gasteiger partial charge in [0.25, 0.3) is 0 Å². The lowest BCUT2D eigenvalue weighted by atomic mass is 9.87. The molecule has 0 saturated heterocycles. The zero-order valence-electron chi connectivity index (χ0n) is 71.1. The molecule has 610 valence electrons. The average molecular weight is 1560 g/mol. The minimum absolute atomic E-state index is 0.333. The Labute approximate surface area is 687 Å². The Morgan fingerprint density at radius 3 is 0.793 bits per heavy atom. The van der Waals surface area contributed by atoms with Gasteiger partial charge in [-0.3, -0.25) is 0 Å². The van der Waals surface area contributed by atoms with Gasteiger partial charge < -0.3 is 47.9 Å². The quantitative estimate of drug-likeness (QED) is 0.0344. The lowest BCUT2D eigenvalue weighted by Gasteiger charge is -2.24. The summed E-state index contributed by atoms with van der Waals surface area (Å²) in [6.07, 6.45) is 27.4. The Morgan fingerprint density at radius 1 is 0.241 bits per heavy atom. The molecular formula is C100H122N8O8. The number of benzene rings is 8. The highest BCUT2D eigenvalue weighted by atomic mass is 16.5. The molecule has 0 fully saturated rings. The molecule has 0 amide bonds. The van der Waals surface area contributed by atoms with Crippen molar-refractivity contribution in [2.24, 2.45) is 0 Å². The van der Waals surface area contributed by atoms with Crippen molar-refractivity contribution in [1.82, 2.24) is 39.9 Å². The van der Waals surface area contributed by atoms with Crippen LogP contribution < -0.4 is 37.9 Å². The van der Waals surface area contributed by atoms with Crippen molar-refractivity contribution in [3.63, 3.8) is 0 Å². The number of aromatic amines is 2. The number of H-pyrrole nitrogens is 2. The Kier molecular flexibility index (Phi) is 29.4. The lowest BCUT2D eigenvalue weighted by molar-refractivity contribution is 0.305. The third-order valence-electron chi connectivity index (χ3n) is 22.8. The molecular weight excluding hydrogens is 1440 g/mol. The van der Waals surface area contributed by atoms with Gasteiger partial charge in [0, 0.05) is 44.2 Å². The molecule has 13 rings (SSSR count). The number of unbranched alkanes of at least 4 members (excludes halogenated alkanes) is 16. The summed E-state index contributed by atoms with van der Waals surface area (Å²) in [7, 11) is 6.85. The second-order valence-electron chi connectivity index (χ2n) is 31.2. The first-order chi connectivity index (χ1) is 57.1. The number of nitrogens with one attached hydrogen (secondary N) is 2. The van der Waals surface area contributed by atoms with Crippen LogP contribution in [0.2, 0.25) is 0 Å². The van der Waals surface area contributed by atoms with Gasteiger partial charge >= 0.3 is 0 Å². The van der Waals surface area contributed by atoms with Crippen LogP contribution in [0.25, 0.3) is 134 Å². The van der Waals surface area contributed by atoms with Crippen LogP contribution in [0.5, 0.6) is 46.0 Å². The van der Waals surface area contributed by atoms with Gasteiger partial charge in [0.2, 0.25) is 0 Å². The van der Waals surface area contributed by atoms with Crippen molar-refractivity contribution in [2.45, 2.75) is 235 Å². The van der Waals surface area contributed by atoms with Crippen LogP contribution in [0.4, 0.5) is 0 Å². The number of hydrogen-bond donors (Lipinski definition) is 2. The van der Waals surface area contributed by atoms with Crippen molar-refractivity contribution >= 4 is 44.1 Å². The molecule has 0 aliphatic carbocycles. The first-order valence-corrected chi connectivity index (χ1v) is 43.8. The van der Waals surface area contributed by atoms with Crippen LogP contribution in [0, 0.1) is 0 Å². The van der Waals surface area contributed by atoms with Gasteiger partial charge in [-0.2, -0.15) is 0 Å². The highest BCUT2D eigenvalue weighted by Crippen LogP contribution is 2.60. The summed E-state index contributed by atoms with van der Waals surface area (Å²) in [6.45, 7) is 19.4. The van der Waals surface area contributed by atoms with E-state index in [1.165, 1.54) is 22.3 Å². The Bertz CT molecular complexity index is 5370. The number of methoxy groups -OCH3 is 4. The van der Waals surface area contributed by atoms with Crippen LogP contribution in [-0.2, 0) is 25.7 Å². The van der Waals surface area contributed by atoms with E-state index < -0.39 is 0 Å². The summed E-state index contributed by atoms with van der Waals surface area (Å²) in [5, 5.41) is 3.38. The minimum Gasteiger partial charge on any atom is -0.497 e. The molecule has 0 spiro atoms. The van der Waals surface area contributed by atoms with Gasteiger partial charge in [-0.15, -0.1) is 0 Å². The fraction of sp³-hybridized carbons (Fsp3) is 0.440. The normalized spacial score (nSPS) is 11.7. The predicted molar refractivity (Wildman–Crippen MR) is 477 cm³/mol. The van der Waals surface area contributed by atoms with Crippen molar-refractivity contribution in [3.05, 3.63) is 144 Å². The number of fused-ring (bicyclic) bond motifs is 20. The van der Waals surface area contributed by atoms with E-state index in [9.17, 15) is 0 Å². The van der Waals surface area contributed by atoms with Crippen molar-refractivity contribution in [3.8, 4) is 136 Å². The minimum atomic E-state index is 0.333. The van der Waals surface area contributed by atoms with Crippen molar-refractivity contribution in [1.29, 1.82) is 0 Å². The van der Waals surface area contributed by atoms with E-state index in [0.717, 1.165) is 246 Å². The second kappa shape index (κ2) is 40.9. The molecule has 3 aromatic heterocycles. The van der Waals surface area contributed by atoms with Crippen LogP contribution >= 0.6 is 0 Å². The fourth-order valence-electron chi connectivity index (χ4n) is 16.6. The molecule has 8 aromatic carbocycles. The summed E-state index contributed by atoms with van der Waals surface area (Å²) in [4.78, 5) is 44.6. The average Bonchev–Trinajstić information content (AvgIpc) is 1.51. The molecule has 2 aliphatic heterocycles. The Morgan fingerprint density at radius 2 is 0.500 bits per heavy atom. The fourth-order valence-corrected chi connectivity index (χ4v) is 16.6. The molecule has 11 aromatic rings. The maximum atomic E-state index is 7.66. The van der Waals surface area contributed by atoms with Crippen molar-refractivity contribution in [2.75, 3.05) is 54.9 Å². The van der Waals surface area contributed by atoms with Crippen LogP contribution in [0.1, 0.15) is 232 Å². The molecule has 5 heterocycles.